The second-order valence-electron chi connectivity index (χ2n) is 10.8. The fraction of sp³-hybridized carbons (Fsp3) is 0.905. The molecule has 0 aromatic carbocycles. The lowest BCUT2D eigenvalue weighted by Gasteiger charge is -2.64. The number of aliphatic hydroxyl groups excluding tert-OH is 1. The molecular weight excluding hydrogens is 387 g/mol. The first-order chi connectivity index (χ1) is 13.8. The molecule has 0 spiro atoms. The summed E-state index contributed by atoms with van der Waals surface area (Å²) in [6.45, 7) is 13.6. The van der Waals surface area contributed by atoms with Crippen molar-refractivity contribution in [1.82, 2.24) is 10.6 Å². The van der Waals surface area contributed by atoms with Gasteiger partial charge in [-0.05, 0) is 71.1 Å². The zero-order chi connectivity index (χ0) is 22.5. The summed E-state index contributed by atoms with van der Waals surface area (Å²) in [6, 6.07) is -0.904. The van der Waals surface area contributed by atoms with Gasteiger partial charge in [0.15, 0.2) is 0 Å². The molecule has 170 valence electrons. The molecule has 8 nitrogen and oxygen atoms in total. The largest absolute Gasteiger partial charge is 0.481 e. The van der Waals surface area contributed by atoms with Crippen LogP contribution in [0.4, 0.5) is 4.79 Å². The number of ether oxygens (including phenoxy) is 1. The molecule has 1 heterocycles. The van der Waals surface area contributed by atoms with Crippen molar-refractivity contribution in [3.05, 3.63) is 0 Å². The Morgan fingerprint density at radius 2 is 1.90 bits per heavy atom. The van der Waals surface area contributed by atoms with Crippen molar-refractivity contribution in [2.45, 2.75) is 97.0 Å². The van der Waals surface area contributed by atoms with Gasteiger partial charge in [-0.3, -0.25) is 4.79 Å². The fourth-order valence-corrected chi connectivity index (χ4v) is 5.35. The van der Waals surface area contributed by atoms with Crippen molar-refractivity contribution in [2.24, 2.45) is 17.3 Å². The van der Waals surface area contributed by atoms with E-state index in [9.17, 15) is 14.7 Å². The number of carbonyl (C=O) groups is 2. The van der Waals surface area contributed by atoms with Gasteiger partial charge in [0.1, 0.15) is 11.6 Å². The Hall–Kier alpha value is -1.32. The summed E-state index contributed by atoms with van der Waals surface area (Å²) in [5, 5.41) is 14.7. The number of hydrogen-bond acceptors (Lipinski definition) is 6. The lowest BCUT2D eigenvalue weighted by molar-refractivity contribution is -0.199. The van der Waals surface area contributed by atoms with Crippen LogP contribution in [-0.4, -0.2) is 60.1 Å². The van der Waals surface area contributed by atoms with Crippen LogP contribution in [0.2, 0.25) is 0 Å². The molecule has 6 atom stereocenters. The van der Waals surface area contributed by atoms with E-state index in [0.29, 0.717) is 11.8 Å². The molecule has 0 aromatic heterocycles. The monoisotopic (exact) mass is 424 g/mol. The third-order valence-electron chi connectivity index (χ3n) is 7.17. The predicted octanol–water partition coefficient (Wildman–Crippen LogP) is 2.03. The first-order valence-corrected chi connectivity index (χ1v) is 11.0. The van der Waals surface area contributed by atoms with Crippen molar-refractivity contribution in [2.75, 3.05) is 6.61 Å². The van der Waals surface area contributed by atoms with E-state index >= 15 is 0 Å². The van der Waals surface area contributed by atoms with E-state index in [1.54, 1.807) is 20.8 Å². The molecule has 3 N–H and O–H groups in total. The summed E-state index contributed by atoms with van der Waals surface area (Å²) >= 11 is 0. The zero-order valence-electron chi connectivity index (χ0n) is 19.3. The van der Waals surface area contributed by atoms with Gasteiger partial charge in [-0.1, -0.05) is 13.8 Å². The summed E-state index contributed by atoms with van der Waals surface area (Å²) in [7, 11) is -0.546. The average Bonchev–Trinajstić information content (AvgIpc) is 2.96. The van der Waals surface area contributed by atoms with E-state index in [2.05, 4.69) is 31.4 Å². The standard InChI is InChI=1S/C21H37BN2O6/c1-12(23-17(26)14(8-9-25)24-18(27)28-19(2,3)4)22-29-16-11-13-10-15(20(13,5)6)21(16,7)30-22/h12-16,25H,8-11H2,1-7H3,(H,23,26)(H,24,27)/t12-,13-,14-,15-,16+,21-/m0/s1. The van der Waals surface area contributed by atoms with Crippen LogP contribution in [0.3, 0.4) is 0 Å². The molecular formula is C21H37BN2O6. The maximum absolute atomic E-state index is 12.8. The molecule has 4 fully saturated rings. The minimum absolute atomic E-state index is 0.0340. The second-order valence-corrected chi connectivity index (χ2v) is 10.8. The molecule has 3 aliphatic carbocycles. The molecule has 0 unspecified atom stereocenters. The van der Waals surface area contributed by atoms with Crippen LogP contribution in [-0.2, 0) is 18.8 Å². The number of nitrogens with one attached hydrogen (secondary N) is 2. The van der Waals surface area contributed by atoms with Crippen LogP contribution in [0.25, 0.3) is 0 Å². The molecule has 2 bridgehead atoms. The summed E-state index contributed by atoms with van der Waals surface area (Å²) in [5.74, 6) is 0.290. The van der Waals surface area contributed by atoms with Gasteiger partial charge in [-0.15, -0.1) is 0 Å². The number of amides is 2. The summed E-state index contributed by atoms with van der Waals surface area (Å²) in [5.41, 5.74) is -0.774. The molecule has 2 amide bonds. The van der Waals surface area contributed by atoms with Crippen molar-refractivity contribution in [3.8, 4) is 0 Å². The van der Waals surface area contributed by atoms with Crippen molar-refractivity contribution in [1.29, 1.82) is 0 Å². The number of rotatable bonds is 6. The molecule has 30 heavy (non-hydrogen) atoms. The predicted molar refractivity (Wildman–Crippen MR) is 113 cm³/mol. The molecule has 4 aliphatic rings. The lowest BCUT2D eigenvalue weighted by Crippen LogP contribution is -2.65. The Balaban J connectivity index is 1.59. The first-order valence-electron chi connectivity index (χ1n) is 11.0. The number of alkyl carbamates (subject to hydrolysis) is 1. The Kier molecular flexibility index (Phi) is 6.22. The van der Waals surface area contributed by atoms with Crippen LogP contribution in [0.5, 0.6) is 0 Å². The van der Waals surface area contributed by atoms with Crippen molar-refractivity contribution in [3.63, 3.8) is 0 Å². The van der Waals surface area contributed by atoms with Gasteiger partial charge < -0.3 is 29.8 Å². The molecule has 1 saturated heterocycles. The topological polar surface area (TPSA) is 106 Å². The Labute approximate surface area is 179 Å². The minimum Gasteiger partial charge on any atom is -0.444 e. The smallest absolute Gasteiger partial charge is 0.444 e. The highest BCUT2D eigenvalue weighted by Crippen LogP contribution is 2.65. The molecule has 1 aliphatic heterocycles. The Morgan fingerprint density at radius 3 is 2.47 bits per heavy atom. The van der Waals surface area contributed by atoms with Gasteiger partial charge in [-0.2, -0.15) is 0 Å². The molecule has 0 radical (unpaired) electrons. The number of carbonyl (C=O) groups excluding carboxylic acids is 2. The SMILES string of the molecule is C[C@H](NC(=O)[C@H](CCO)NC(=O)OC(C)(C)C)B1O[C@@H]2C[C@@H]3C[C@@H](C3(C)C)[C@]2(C)O1. The highest BCUT2D eigenvalue weighted by atomic mass is 16.7. The third kappa shape index (κ3) is 4.34. The van der Waals surface area contributed by atoms with Crippen LogP contribution < -0.4 is 10.6 Å². The van der Waals surface area contributed by atoms with Gasteiger partial charge in [-0.25, -0.2) is 4.79 Å². The van der Waals surface area contributed by atoms with Gasteiger partial charge in [0.2, 0.25) is 5.91 Å². The first kappa shape index (κ1) is 23.4. The Morgan fingerprint density at radius 1 is 1.23 bits per heavy atom. The van der Waals surface area contributed by atoms with Gasteiger partial charge in [0, 0.05) is 6.61 Å². The van der Waals surface area contributed by atoms with Crippen molar-refractivity contribution >= 4 is 19.1 Å². The highest BCUT2D eigenvalue weighted by molar-refractivity contribution is 6.47. The third-order valence-corrected chi connectivity index (χ3v) is 7.17. The van der Waals surface area contributed by atoms with E-state index in [0.717, 1.165) is 12.8 Å². The van der Waals surface area contributed by atoms with E-state index in [-0.39, 0.29) is 30.1 Å². The maximum Gasteiger partial charge on any atom is 0.481 e. The van der Waals surface area contributed by atoms with E-state index in [4.69, 9.17) is 14.0 Å². The quantitative estimate of drug-likeness (QED) is 0.564. The number of aliphatic hydroxyl groups is 1. The van der Waals surface area contributed by atoms with Crippen LogP contribution in [0.1, 0.15) is 67.7 Å². The summed E-state index contributed by atoms with van der Waals surface area (Å²) < 4.78 is 17.8. The normalized spacial score (nSPS) is 33.7. The average molecular weight is 424 g/mol. The minimum atomic E-state index is -0.904. The summed E-state index contributed by atoms with van der Waals surface area (Å²) in [4.78, 5) is 24.8. The molecule has 3 saturated carbocycles. The fourth-order valence-electron chi connectivity index (χ4n) is 5.35. The molecule has 4 rings (SSSR count). The lowest BCUT2D eigenvalue weighted by atomic mass is 9.43. The second kappa shape index (κ2) is 7.99. The number of hydrogen-bond donors (Lipinski definition) is 3. The van der Waals surface area contributed by atoms with Crippen molar-refractivity contribution < 1.29 is 28.7 Å². The zero-order valence-corrected chi connectivity index (χ0v) is 19.3. The van der Waals surface area contributed by atoms with Gasteiger partial charge >= 0.3 is 13.2 Å². The van der Waals surface area contributed by atoms with E-state index in [1.165, 1.54) is 0 Å². The van der Waals surface area contributed by atoms with E-state index < -0.39 is 36.7 Å². The maximum atomic E-state index is 12.8. The highest BCUT2D eigenvalue weighted by Gasteiger charge is 2.68. The van der Waals surface area contributed by atoms with Crippen LogP contribution in [0, 0.1) is 17.3 Å². The molecule has 9 heteroatoms. The van der Waals surface area contributed by atoms with Gasteiger partial charge in [0.05, 0.1) is 17.6 Å². The molecule has 0 aromatic rings. The van der Waals surface area contributed by atoms with Gasteiger partial charge in [0.25, 0.3) is 0 Å². The van der Waals surface area contributed by atoms with Crippen LogP contribution in [0.15, 0.2) is 0 Å². The van der Waals surface area contributed by atoms with E-state index in [1.807, 2.05) is 6.92 Å². The Bertz CT molecular complexity index is 681. The van der Waals surface area contributed by atoms with Crippen LogP contribution >= 0.6 is 0 Å². The summed E-state index contributed by atoms with van der Waals surface area (Å²) in [6.07, 6.45) is 1.56.